The third-order valence-electron chi connectivity index (χ3n) is 4.24. The van der Waals surface area contributed by atoms with Gasteiger partial charge in [0.25, 0.3) is 0 Å². The molecular formula is C18H18ClN5O3. The average molecular weight is 388 g/mol. The van der Waals surface area contributed by atoms with Crippen molar-refractivity contribution in [2.75, 3.05) is 11.9 Å². The highest BCUT2D eigenvalue weighted by molar-refractivity contribution is 6.30. The third kappa shape index (κ3) is 3.90. The number of hydrogen-bond acceptors (Lipinski definition) is 4. The summed E-state index contributed by atoms with van der Waals surface area (Å²) in [5.74, 6) is 1.09. The van der Waals surface area contributed by atoms with Gasteiger partial charge in [-0.25, -0.2) is 14.3 Å². The topological polar surface area (TPSA) is 94.1 Å². The lowest BCUT2D eigenvalue weighted by Gasteiger charge is -2.07. The van der Waals surface area contributed by atoms with Gasteiger partial charge in [-0.1, -0.05) is 11.6 Å². The number of anilines is 1. The molecule has 1 aliphatic carbocycles. The quantitative estimate of drug-likeness (QED) is 0.679. The highest BCUT2D eigenvalue weighted by Gasteiger charge is 2.31. The lowest BCUT2D eigenvalue weighted by molar-refractivity contribution is 0.251. The van der Waals surface area contributed by atoms with Crippen molar-refractivity contribution in [3.05, 3.63) is 58.2 Å². The largest absolute Gasteiger partial charge is 0.461 e. The highest BCUT2D eigenvalue weighted by atomic mass is 35.5. The van der Waals surface area contributed by atoms with Crippen molar-refractivity contribution in [1.82, 2.24) is 19.7 Å². The summed E-state index contributed by atoms with van der Waals surface area (Å²) < 4.78 is 8.43. The summed E-state index contributed by atoms with van der Waals surface area (Å²) in [6, 6.07) is 10.2. The molecule has 0 radical (unpaired) electrons. The number of aromatic nitrogens is 3. The normalized spacial score (nSPS) is 13.5. The number of amides is 2. The van der Waals surface area contributed by atoms with E-state index >= 15 is 0 Å². The number of hydrogen-bond donors (Lipinski definition) is 2. The first-order chi connectivity index (χ1) is 13.1. The highest BCUT2D eigenvalue weighted by Crippen LogP contribution is 2.36. The van der Waals surface area contributed by atoms with Crippen LogP contribution >= 0.6 is 11.6 Å². The summed E-state index contributed by atoms with van der Waals surface area (Å²) in [4.78, 5) is 24.6. The minimum absolute atomic E-state index is 0.174. The Kier molecular flexibility index (Phi) is 4.72. The molecule has 8 nitrogen and oxygen atoms in total. The minimum Gasteiger partial charge on any atom is -0.461 e. The SMILES string of the molecule is O=C(NCCn1nc(-c2ccco2)n(C2CC2)c1=O)Nc1ccc(Cl)cc1. The number of nitrogens with zero attached hydrogens (tertiary/aromatic N) is 3. The van der Waals surface area contributed by atoms with E-state index in [1.54, 1.807) is 47.2 Å². The fraction of sp³-hybridized carbons (Fsp3) is 0.278. The average Bonchev–Trinajstić information content (AvgIpc) is 3.22. The van der Waals surface area contributed by atoms with Crippen molar-refractivity contribution in [1.29, 1.82) is 0 Å². The van der Waals surface area contributed by atoms with Gasteiger partial charge < -0.3 is 15.1 Å². The van der Waals surface area contributed by atoms with Gasteiger partial charge in [-0.05, 0) is 49.2 Å². The van der Waals surface area contributed by atoms with Gasteiger partial charge in [-0.2, -0.15) is 0 Å². The Morgan fingerprint density at radius 2 is 2.04 bits per heavy atom. The summed E-state index contributed by atoms with van der Waals surface area (Å²) in [6.07, 6.45) is 3.47. The summed E-state index contributed by atoms with van der Waals surface area (Å²) >= 11 is 5.82. The first kappa shape index (κ1) is 17.4. The number of halogens is 1. The van der Waals surface area contributed by atoms with E-state index in [1.165, 1.54) is 4.68 Å². The Bertz CT molecular complexity index is 987. The Morgan fingerprint density at radius 1 is 1.26 bits per heavy atom. The van der Waals surface area contributed by atoms with Crippen LogP contribution in [0.2, 0.25) is 5.02 Å². The van der Waals surface area contributed by atoms with E-state index in [2.05, 4.69) is 15.7 Å². The molecule has 1 fully saturated rings. The van der Waals surface area contributed by atoms with Crippen LogP contribution in [0.5, 0.6) is 0 Å². The Morgan fingerprint density at radius 3 is 2.70 bits per heavy atom. The monoisotopic (exact) mass is 387 g/mol. The van der Waals surface area contributed by atoms with Gasteiger partial charge in [0, 0.05) is 23.3 Å². The van der Waals surface area contributed by atoms with Crippen molar-refractivity contribution in [2.24, 2.45) is 0 Å². The second kappa shape index (κ2) is 7.32. The van der Waals surface area contributed by atoms with Crippen molar-refractivity contribution in [2.45, 2.75) is 25.4 Å². The van der Waals surface area contributed by atoms with E-state index in [0.29, 0.717) is 22.3 Å². The molecule has 0 bridgehead atoms. The van der Waals surface area contributed by atoms with Crippen LogP contribution in [0.4, 0.5) is 10.5 Å². The number of carbonyl (C=O) groups is 1. The fourth-order valence-electron chi connectivity index (χ4n) is 2.79. The minimum atomic E-state index is -0.363. The van der Waals surface area contributed by atoms with E-state index in [4.69, 9.17) is 16.0 Å². The van der Waals surface area contributed by atoms with Gasteiger partial charge in [0.15, 0.2) is 5.76 Å². The third-order valence-corrected chi connectivity index (χ3v) is 4.49. The first-order valence-electron chi connectivity index (χ1n) is 8.65. The van der Waals surface area contributed by atoms with Crippen LogP contribution in [-0.2, 0) is 6.54 Å². The zero-order valence-corrected chi connectivity index (χ0v) is 15.1. The van der Waals surface area contributed by atoms with E-state index in [9.17, 15) is 9.59 Å². The van der Waals surface area contributed by atoms with E-state index in [0.717, 1.165) is 12.8 Å². The smallest absolute Gasteiger partial charge is 0.346 e. The molecule has 2 amide bonds. The first-order valence-corrected chi connectivity index (χ1v) is 9.03. The standard InChI is InChI=1S/C18H18ClN5O3/c19-12-3-5-13(6-4-12)21-17(25)20-9-10-23-18(26)24(14-7-8-14)16(22-23)15-2-1-11-27-15/h1-6,11,14H,7-10H2,(H2,20,21,25). The van der Waals surface area contributed by atoms with Crippen LogP contribution in [0.15, 0.2) is 51.9 Å². The molecule has 0 saturated heterocycles. The second-order valence-corrected chi connectivity index (χ2v) is 6.73. The van der Waals surface area contributed by atoms with Crippen LogP contribution in [0.25, 0.3) is 11.6 Å². The van der Waals surface area contributed by atoms with Crippen LogP contribution < -0.4 is 16.3 Å². The van der Waals surface area contributed by atoms with Crippen molar-refractivity contribution in [3.8, 4) is 11.6 Å². The predicted molar refractivity (Wildman–Crippen MR) is 101 cm³/mol. The van der Waals surface area contributed by atoms with Gasteiger partial charge in [-0.3, -0.25) is 4.57 Å². The van der Waals surface area contributed by atoms with Gasteiger partial charge >= 0.3 is 11.7 Å². The molecule has 2 heterocycles. The summed E-state index contributed by atoms with van der Waals surface area (Å²) in [7, 11) is 0. The second-order valence-electron chi connectivity index (χ2n) is 6.30. The lowest BCUT2D eigenvalue weighted by Crippen LogP contribution is -2.34. The molecule has 0 unspecified atom stereocenters. The maximum atomic E-state index is 12.6. The van der Waals surface area contributed by atoms with Gasteiger partial charge in [0.1, 0.15) is 0 Å². The molecule has 4 rings (SSSR count). The molecule has 0 aliphatic heterocycles. The Hall–Kier alpha value is -3.00. The summed E-state index contributed by atoms with van der Waals surface area (Å²) in [6.45, 7) is 0.527. The molecule has 27 heavy (non-hydrogen) atoms. The zero-order valence-electron chi connectivity index (χ0n) is 14.4. The van der Waals surface area contributed by atoms with Crippen LogP contribution in [0.1, 0.15) is 18.9 Å². The summed E-state index contributed by atoms with van der Waals surface area (Å²) in [5.41, 5.74) is 0.441. The van der Waals surface area contributed by atoms with Crippen LogP contribution in [0, 0.1) is 0 Å². The van der Waals surface area contributed by atoms with E-state index in [1.807, 2.05) is 0 Å². The Labute approximate surface area is 159 Å². The van der Waals surface area contributed by atoms with Crippen LogP contribution in [0.3, 0.4) is 0 Å². The van der Waals surface area contributed by atoms with Crippen molar-refractivity contribution in [3.63, 3.8) is 0 Å². The molecule has 0 atom stereocenters. The van der Waals surface area contributed by atoms with Crippen LogP contribution in [-0.4, -0.2) is 26.9 Å². The van der Waals surface area contributed by atoms with Gasteiger partial charge in [-0.15, -0.1) is 5.10 Å². The molecule has 2 aromatic heterocycles. The molecule has 1 aliphatic rings. The number of rotatable bonds is 6. The summed E-state index contributed by atoms with van der Waals surface area (Å²) in [5, 5.41) is 10.4. The number of nitrogens with one attached hydrogen (secondary N) is 2. The molecule has 1 saturated carbocycles. The van der Waals surface area contributed by atoms with Crippen molar-refractivity contribution >= 4 is 23.3 Å². The lowest BCUT2D eigenvalue weighted by atomic mass is 10.3. The molecule has 140 valence electrons. The number of furan rings is 1. The zero-order chi connectivity index (χ0) is 18.8. The molecule has 2 N–H and O–H groups in total. The number of carbonyl (C=O) groups excluding carboxylic acids is 1. The molecule has 9 heteroatoms. The van der Waals surface area contributed by atoms with E-state index < -0.39 is 0 Å². The molecule has 3 aromatic rings. The Balaban J connectivity index is 1.40. The van der Waals surface area contributed by atoms with Crippen molar-refractivity contribution < 1.29 is 9.21 Å². The van der Waals surface area contributed by atoms with Gasteiger partial charge in [0.05, 0.1) is 12.8 Å². The number of urea groups is 1. The maximum absolute atomic E-state index is 12.6. The van der Waals surface area contributed by atoms with Gasteiger partial charge in [0.2, 0.25) is 5.82 Å². The van der Waals surface area contributed by atoms with E-state index in [-0.39, 0.29) is 30.9 Å². The fourth-order valence-corrected chi connectivity index (χ4v) is 2.91. The molecule has 0 spiro atoms. The molecular weight excluding hydrogens is 370 g/mol. The maximum Gasteiger partial charge on any atom is 0.346 e. The molecule has 1 aromatic carbocycles. The predicted octanol–water partition coefficient (Wildman–Crippen LogP) is 3.11. The number of benzene rings is 1.